The van der Waals surface area contributed by atoms with Crippen molar-refractivity contribution in [1.29, 1.82) is 0 Å². The number of rotatable bonds is 4. The number of nitrogens with zero attached hydrogens (tertiary/aromatic N) is 5. The lowest BCUT2D eigenvalue weighted by Crippen LogP contribution is -2.50. The molecule has 0 radical (unpaired) electrons. The van der Waals surface area contributed by atoms with Crippen LogP contribution in [0.2, 0.25) is 0 Å². The first-order valence-electron chi connectivity index (χ1n) is 9.40. The predicted octanol–water partition coefficient (Wildman–Crippen LogP) is 3.40. The molecule has 0 unspecified atom stereocenters. The van der Waals surface area contributed by atoms with E-state index in [1.165, 1.54) is 11.2 Å². The van der Waals surface area contributed by atoms with E-state index < -0.39 is 6.09 Å². The fraction of sp³-hybridized carbons (Fsp3) is 0.143. The minimum atomic E-state index is -0.939. The summed E-state index contributed by atoms with van der Waals surface area (Å²) in [5, 5.41) is 14.5. The van der Waals surface area contributed by atoms with Gasteiger partial charge in [-0.1, -0.05) is 18.2 Å². The van der Waals surface area contributed by atoms with Gasteiger partial charge >= 0.3 is 6.09 Å². The van der Waals surface area contributed by atoms with E-state index in [9.17, 15) is 4.79 Å². The Hall–Kier alpha value is -4.14. The van der Waals surface area contributed by atoms with Crippen LogP contribution in [-0.4, -0.2) is 48.9 Å². The first-order chi connectivity index (χ1) is 14.6. The van der Waals surface area contributed by atoms with Gasteiger partial charge in [-0.2, -0.15) is 5.10 Å². The molecule has 1 amide bonds. The lowest BCUT2D eigenvalue weighted by Gasteiger charge is -2.36. The summed E-state index contributed by atoms with van der Waals surface area (Å²) < 4.78 is 7.60. The third-order valence-corrected chi connectivity index (χ3v) is 5.10. The minimum Gasteiger partial charge on any atom is -0.465 e. The highest BCUT2D eigenvalue weighted by Crippen LogP contribution is 2.34. The van der Waals surface area contributed by atoms with Gasteiger partial charge in [0.15, 0.2) is 5.65 Å². The van der Waals surface area contributed by atoms with Gasteiger partial charge in [-0.15, -0.1) is 0 Å². The third-order valence-electron chi connectivity index (χ3n) is 5.10. The Bertz CT molecular complexity index is 1220. The molecule has 5 rings (SSSR count). The molecule has 2 aromatic carbocycles. The summed E-state index contributed by atoms with van der Waals surface area (Å²) in [6.07, 6.45) is 0.454. The molecule has 3 N–H and O–H groups in total. The molecular weight excluding hydrogens is 384 g/mol. The van der Waals surface area contributed by atoms with Gasteiger partial charge in [0.1, 0.15) is 29.3 Å². The molecule has 1 aliphatic rings. The Balaban J connectivity index is 1.49. The maximum atomic E-state index is 11.1. The Morgan fingerprint density at radius 2 is 1.73 bits per heavy atom. The van der Waals surface area contributed by atoms with Crippen molar-refractivity contribution < 1.29 is 14.6 Å². The number of amides is 1. The van der Waals surface area contributed by atoms with Gasteiger partial charge in [0.25, 0.3) is 0 Å². The topological polar surface area (TPSA) is 119 Å². The molecule has 0 aliphatic carbocycles. The van der Waals surface area contributed by atoms with Gasteiger partial charge in [0.2, 0.25) is 0 Å². The molecule has 3 heterocycles. The van der Waals surface area contributed by atoms with Crippen molar-refractivity contribution in [3.8, 4) is 22.8 Å². The number of hydrogen-bond donors (Lipinski definition) is 2. The molecule has 0 spiro atoms. The lowest BCUT2D eigenvalue weighted by atomic mass is 10.1. The Labute approximate surface area is 171 Å². The Kier molecular flexibility index (Phi) is 4.20. The first-order valence-corrected chi connectivity index (χ1v) is 9.40. The first kappa shape index (κ1) is 17.9. The van der Waals surface area contributed by atoms with E-state index in [2.05, 4.69) is 9.97 Å². The molecule has 0 atom stereocenters. The highest BCUT2D eigenvalue weighted by atomic mass is 16.5. The Morgan fingerprint density at radius 1 is 1.03 bits per heavy atom. The highest BCUT2D eigenvalue weighted by Gasteiger charge is 2.34. The molecule has 150 valence electrons. The van der Waals surface area contributed by atoms with Crippen LogP contribution in [0.4, 0.5) is 10.6 Å². The molecule has 30 heavy (non-hydrogen) atoms. The van der Waals surface area contributed by atoms with Gasteiger partial charge in [-0.05, 0) is 36.4 Å². The van der Waals surface area contributed by atoms with Crippen LogP contribution in [0, 0.1) is 0 Å². The molecule has 9 heteroatoms. The molecule has 9 nitrogen and oxygen atoms in total. The summed E-state index contributed by atoms with van der Waals surface area (Å²) in [5.74, 6) is 1.79. The van der Waals surface area contributed by atoms with E-state index >= 15 is 0 Å². The number of fused-ring (bicyclic) bond motifs is 1. The van der Waals surface area contributed by atoms with Crippen molar-refractivity contribution in [2.75, 3.05) is 18.8 Å². The number of carboxylic acid groups (broad SMARTS) is 1. The smallest absolute Gasteiger partial charge is 0.407 e. The molecule has 1 fully saturated rings. The lowest BCUT2D eigenvalue weighted by molar-refractivity contribution is 0.0827. The number of anilines is 1. The number of carbonyl (C=O) groups is 1. The predicted molar refractivity (Wildman–Crippen MR) is 110 cm³/mol. The van der Waals surface area contributed by atoms with Crippen LogP contribution in [0.1, 0.15) is 6.04 Å². The van der Waals surface area contributed by atoms with Crippen molar-refractivity contribution in [2.45, 2.75) is 6.04 Å². The summed E-state index contributed by atoms with van der Waals surface area (Å²) in [4.78, 5) is 20.9. The average Bonchev–Trinajstić information content (AvgIpc) is 3.09. The largest absolute Gasteiger partial charge is 0.465 e. The molecule has 1 saturated heterocycles. The van der Waals surface area contributed by atoms with E-state index in [4.69, 9.17) is 20.7 Å². The average molecular weight is 402 g/mol. The van der Waals surface area contributed by atoms with Crippen LogP contribution >= 0.6 is 0 Å². The molecular formula is C21H18N6O3. The van der Waals surface area contributed by atoms with Gasteiger partial charge in [0, 0.05) is 18.7 Å². The van der Waals surface area contributed by atoms with Crippen molar-refractivity contribution in [2.24, 2.45) is 0 Å². The van der Waals surface area contributed by atoms with E-state index in [1.54, 1.807) is 4.68 Å². The number of benzene rings is 2. The summed E-state index contributed by atoms with van der Waals surface area (Å²) in [5.41, 5.74) is 8.23. The maximum absolute atomic E-state index is 11.1. The van der Waals surface area contributed by atoms with E-state index in [0.717, 1.165) is 11.3 Å². The zero-order valence-electron chi connectivity index (χ0n) is 15.8. The van der Waals surface area contributed by atoms with E-state index in [0.29, 0.717) is 41.4 Å². The second kappa shape index (κ2) is 7.03. The SMILES string of the molecule is Nc1ncnc2c1c(-c1ccc(Oc3ccccc3)cc1)nn2C1CN(C(=O)O)C1. The fourth-order valence-corrected chi connectivity index (χ4v) is 3.52. The number of nitrogens with two attached hydrogens (primary N) is 1. The van der Waals surface area contributed by atoms with Gasteiger partial charge in [-0.25, -0.2) is 19.4 Å². The van der Waals surface area contributed by atoms with Crippen LogP contribution in [-0.2, 0) is 0 Å². The zero-order valence-corrected chi connectivity index (χ0v) is 15.8. The normalized spacial score (nSPS) is 13.9. The number of para-hydroxylation sites is 1. The standard InChI is InChI=1S/C21H18N6O3/c22-19-17-18(13-6-8-16(9-7-13)30-15-4-2-1-3-5-15)25-27(20(17)24-12-23-19)14-10-26(11-14)21(28)29/h1-9,12,14H,10-11H2,(H,28,29)(H2,22,23,24). The van der Waals surface area contributed by atoms with Crippen LogP contribution in [0.25, 0.3) is 22.3 Å². The van der Waals surface area contributed by atoms with Crippen molar-refractivity contribution in [3.05, 3.63) is 60.9 Å². The summed E-state index contributed by atoms with van der Waals surface area (Å²) in [6.45, 7) is 0.721. The maximum Gasteiger partial charge on any atom is 0.407 e. The number of likely N-dealkylation sites (tertiary alicyclic amines) is 1. The highest BCUT2D eigenvalue weighted by molar-refractivity contribution is 5.98. The third kappa shape index (κ3) is 3.06. The summed E-state index contributed by atoms with van der Waals surface area (Å²) in [6, 6.07) is 17.0. The number of hydrogen-bond acceptors (Lipinski definition) is 6. The van der Waals surface area contributed by atoms with Crippen LogP contribution in [0.5, 0.6) is 11.5 Å². The molecule has 0 saturated carbocycles. The summed E-state index contributed by atoms with van der Waals surface area (Å²) in [7, 11) is 0. The quantitative estimate of drug-likeness (QED) is 0.537. The van der Waals surface area contributed by atoms with Crippen molar-refractivity contribution in [3.63, 3.8) is 0 Å². The van der Waals surface area contributed by atoms with Crippen LogP contribution in [0.15, 0.2) is 60.9 Å². The van der Waals surface area contributed by atoms with E-state index in [1.807, 2.05) is 54.6 Å². The fourth-order valence-electron chi connectivity index (χ4n) is 3.52. The molecule has 1 aliphatic heterocycles. The minimum absolute atomic E-state index is 0.0904. The van der Waals surface area contributed by atoms with Gasteiger partial charge in [0.05, 0.1) is 11.4 Å². The number of nitrogen functional groups attached to an aromatic ring is 1. The van der Waals surface area contributed by atoms with Crippen LogP contribution < -0.4 is 10.5 Å². The Morgan fingerprint density at radius 3 is 2.43 bits per heavy atom. The monoisotopic (exact) mass is 402 g/mol. The van der Waals surface area contributed by atoms with Gasteiger partial charge in [-0.3, -0.25) is 0 Å². The van der Waals surface area contributed by atoms with Crippen molar-refractivity contribution in [1.82, 2.24) is 24.6 Å². The second-order valence-corrected chi connectivity index (χ2v) is 7.03. The van der Waals surface area contributed by atoms with Gasteiger partial charge < -0.3 is 20.5 Å². The summed E-state index contributed by atoms with van der Waals surface area (Å²) >= 11 is 0. The number of ether oxygens (including phenoxy) is 1. The second-order valence-electron chi connectivity index (χ2n) is 7.03. The number of aromatic nitrogens is 4. The molecule has 4 aromatic rings. The van der Waals surface area contributed by atoms with E-state index in [-0.39, 0.29) is 6.04 Å². The van der Waals surface area contributed by atoms with Crippen LogP contribution in [0.3, 0.4) is 0 Å². The zero-order chi connectivity index (χ0) is 20.7. The molecule has 2 aromatic heterocycles. The van der Waals surface area contributed by atoms with Crippen molar-refractivity contribution >= 4 is 22.9 Å². The molecule has 0 bridgehead atoms.